The van der Waals surface area contributed by atoms with Gasteiger partial charge in [-0.15, -0.1) is 0 Å². The lowest BCUT2D eigenvalue weighted by Gasteiger charge is -2.22. The number of anilines is 2. The summed E-state index contributed by atoms with van der Waals surface area (Å²) in [6.07, 6.45) is 0.891. The van der Waals surface area contributed by atoms with Gasteiger partial charge in [-0.05, 0) is 37.1 Å². The van der Waals surface area contributed by atoms with Gasteiger partial charge in [0.05, 0.1) is 19.9 Å². The smallest absolute Gasteiger partial charge is 0.298 e. The number of hydrogen-bond donors (Lipinski definition) is 0. The van der Waals surface area contributed by atoms with E-state index in [0.29, 0.717) is 18.0 Å². The molecule has 6 nitrogen and oxygen atoms in total. The van der Waals surface area contributed by atoms with E-state index in [1.54, 1.807) is 20.3 Å². The van der Waals surface area contributed by atoms with Crippen LogP contribution in [0.25, 0.3) is 10.9 Å². The Morgan fingerprint density at radius 3 is 2.70 bits per heavy atom. The Kier molecular flexibility index (Phi) is 4.32. The zero-order valence-electron chi connectivity index (χ0n) is 15.5. The Labute approximate surface area is 157 Å². The zero-order valence-corrected chi connectivity index (χ0v) is 15.5. The lowest BCUT2D eigenvalue weighted by atomic mass is 10.1. The predicted octanol–water partition coefficient (Wildman–Crippen LogP) is 3.79. The highest BCUT2D eigenvalue weighted by atomic mass is 16.5. The summed E-state index contributed by atoms with van der Waals surface area (Å²) in [4.78, 5) is 17.7. The molecule has 138 valence electrons. The summed E-state index contributed by atoms with van der Waals surface area (Å²) in [7, 11) is 3.27. The molecular formula is C21H20N2O4. The van der Waals surface area contributed by atoms with Gasteiger partial charge < -0.3 is 19.1 Å². The third kappa shape index (κ3) is 2.83. The topological polar surface area (TPSA) is 60.9 Å². The molecule has 0 atom stereocenters. The first-order valence-electron chi connectivity index (χ1n) is 8.69. The van der Waals surface area contributed by atoms with E-state index in [1.807, 2.05) is 37.3 Å². The van der Waals surface area contributed by atoms with E-state index in [0.717, 1.165) is 46.7 Å². The first kappa shape index (κ1) is 17.1. The van der Waals surface area contributed by atoms with Crippen LogP contribution in [-0.4, -0.2) is 32.2 Å². The second-order valence-corrected chi connectivity index (χ2v) is 6.36. The van der Waals surface area contributed by atoms with Crippen molar-refractivity contribution < 1.29 is 19.0 Å². The maximum Gasteiger partial charge on any atom is 0.298 e. The van der Waals surface area contributed by atoms with Crippen molar-refractivity contribution in [3.05, 3.63) is 47.7 Å². The zero-order chi connectivity index (χ0) is 19.0. The molecular weight excluding hydrogens is 344 g/mol. The molecule has 0 spiro atoms. The van der Waals surface area contributed by atoms with Crippen LogP contribution < -0.4 is 19.1 Å². The molecule has 0 amide bonds. The van der Waals surface area contributed by atoms with Gasteiger partial charge >= 0.3 is 0 Å². The maximum absolute atomic E-state index is 10.7. The minimum atomic E-state index is 0.441. The number of methoxy groups -OCH3 is 2. The molecule has 1 aliphatic heterocycles. The van der Waals surface area contributed by atoms with Crippen LogP contribution in [0.2, 0.25) is 0 Å². The van der Waals surface area contributed by atoms with E-state index in [1.165, 1.54) is 5.56 Å². The van der Waals surface area contributed by atoms with Gasteiger partial charge in [0, 0.05) is 35.4 Å². The van der Waals surface area contributed by atoms with Crippen LogP contribution in [0.3, 0.4) is 0 Å². The SMILES string of the molecule is COc1cc(OC)c2nc(C)c3c(c2c1)N(c1cccc(OC=O)c1)CC3. The molecule has 0 N–H and O–H groups in total. The van der Waals surface area contributed by atoms with Gasteiger partial charge in [0.1, 0.15) is 22.8 Å². The average Bonchev–Trinajstić information content (AvgIpc) is 3.14. The first-order valence-corrected chi connectivity index (χ1v) is 8.69. The lowest BCUT2D eigenvalue weighted by Crippen LogP contribution is -2.13. The summed E-state index contributed by atoms with van der Waals surface area (Å²) in [5.74, 6) is 1.92. The first-order chi connectivity index (χ1) is 13.2. The number of fused-ring (bicyclic) bond motifs is 3. The summed E-state index contributed by atoms with van der Waals surface area (Å²) in [5, 5.41) is 0.978. The van der Waals surface area contributed by atoms with Gasteiger partial charge in [-0.1, -0.05) is 6.07 Å². The predicted molar refractivity (Wildman–Crippen MR) is 103 cm³/mol. The molecule has 0 aliphatic carbocycles. The molecule has 2 heterocycles. The Hall–Kier alpha value is -3.28. The molecule has 4 rings (SSSR count). The van der Waals surface area contributed by atoms with Gasteiger partial charge in [0.15, 0.2) is 0 Å². The molecule has 1 aromatic heterocycles. The summed E-state index contributed by atoms with van der Waals surface area (Å²) in [6.45, 7) is 3.29. The van der Waals surface area contributed by atoms with E-state index >= 15 is 0 Å². The van der Waals surface area contributed by atoms with Gasteiger partial charge in [0.25, 0.3) is 6.47 Å². The van der Waals surface area contributed by atoms with Crippen molar-refractivity contribution in [3.8, 4) is 17.2 Å². The van der Waals surface area contributed by atoms with E-state index in [2.05, 4.69) is 4.90 Å². The standard InChI is InChI=1S/C21H20N2O4/c1-13-17-7-8-23(14-5-4-6-15(9-14)27-12-24)21(17)18-10-16(25-2)11-19(26-3)20(18)22-13/h4-6,9-12H,7-8H2,1-3H3. The normalized spacial score (nSPS) is 12.8. The third-order valence-corrected chi connectivity index (χ3v) is 4.93. The highest BCUT2D eigenvalue weighted by Gasteiger charge is 2.27. The van der Waals surface area contributed by atoms with Crippen LogP contribution in [0.15, 0.2) is 36.4 Å². The molecule has 27 heavy (non-hydrogen) atoms. The van der Waals surface area contributed by atoms with Crippen molar-refractivity contribution in [2.24, 2.45) is 0 Å². The van der Waals surface area contributed by atoms with Crippen molar-refractivity contribution in [2.75, 3.05) is 25.7 Å². The quantitative estimate of drug-likeness (QED) is 0.642. The molecule has 1 aliphatic rings. The number of carbonyl (C=O) groups is 1. The second-order valence-electron chi connectivity index (χ2n) is 6.36. The van der Waals surface area contributed by atoms with Gasteiger partial charge in [-0.2, -0.15) is 0 Å². The minimum absolute atomic E-state index is 0.441. The average molecular weight is 364 g/mol. The second kappa shape index (κ2) is 6.79. The molecule has 6 heteroatoms. The summed E-state index contributed by atoms with van der Waals surface area (Å²) in [5.41, 5.74) is 5.06. The molecule has 0 radical (unpaired) electrons. The molecule has 0 unspecified atom stereocenters. The molecule has 0 saturated carbocycles. The van der Waals surface area contributed by atoms with Crippen LogP contribution in [0.5, 0.6) is 17.2 Å². The minimum Gasteiger partial charge on any atom is -0.497 e. The van der Waals surface area contributed by atoms with Crippen LogP contribution in [0.4, 0.5) is 11.4 Å². The monoisotopic (exact) mass is 364 g/mol. The number of carbonyl (C=O) groups excluding carboxylic acids is 1. The number of aromatic nitrogens is 1. The van der Waals surface area contributed by atoms with Gasteiger partial charge in [-0.3, -0.25) is 4.79 Å². The number of benzene rings is 2. The molecule has 3 aromatic rings. The Balaban J connectivity index is 1.95. The van der Waals surface area contributed by atoms with E-state index < -0.39 is 0 Å². The largest absolute Gasteiger partial charge is 0.497 e. The number of hydrogen-bond acceptors (Lipinski definition) is 6. The lowest BCUT2D eigenvalue weighted by molar-refractivity contribution is -0.120. The number of ether oxygens (including phenoxy) is 3. The fraction of sp³-hybridized carbons (Fsp3) is 0.238. The Morgan fingerprint density at radius 1 is 1.11 bits per heavy atom. The maximum atomic E-state index is 10.7. The Morgan fingerprint density at radius 2 is 1.96 bits per heavy atom. The molecule has 0 saturated heterocycles. The van der Waals surface area contributed by atoms with Crippen LogP contribution in [0.1, 0.15) is 11.3 Å². The summed E-state index contributed by atoms with van der Waals surface area (Å²) >= 11 is 0. The Bertz CT molecular complexity index is 1030. The van der Waals surface area contributed by atoms with Gasteiger partial charge in [-0.25, -0.2) is 4.98 Å². The van der Waals surface area contributed by atoms with Crippen molar-refractivity contribution in [2.45, 2.75) is 13.3 Å². The van der Waals surface area contributed by atoms with E-state index in [4.69, 9.17) is 19.2 Å². The number of nitrogens with zero attached hydrogens (tertiary/aromatic N) is 2. The van der Waals surface area contributed by atoms with Crippen molar-refractivity contribution in [1.29, 1.82) is 0 Å². The highest BCUT2D eigenvalue weighted by Crippen LogP contribution is 2.44. The molecule has 2 aromatic carbocycles. The number of aryl methyl sites for hydroxylation is 1. The summed E-state index contributed by atoms with van der Waals surface area (Å²) < 4.78 is 16.0. The fourth-order valence-electron chi connectivity index (χ4n) is 3.70. The van der Waals surface area contributed by atoms with E-state index in [-0.39, 0.29) is 0 Å². The summed E-state index contributed by atoms with van der Waals surface area (Å²) in [6, 6.07) is 11.3. The van der Waals surface area contributed by atoms with Crippen molar-refractivity contribution in [1.82, 2.24) is 4.98 Å². The van der Waals surface area contributed by atoms with Crippen molar-refractivity contribution in [3.63, 3.8) is 0 Å². The van der Waals surface area contributed by atoms with Crippen molar-refractivity contribution >= 4 is 28.7 Å². The fourth-order valence-corrected chi connectivity index (χ4v) is 3.70. The number of pyridine rings is 1. The van der Waals surface area contributed by atoms with Crippen LogP contribution >= 0.6 is 0 Å². The van der Waals surface area contributed by atoms with Crippen LogP contribution in [0, 0.1) is 6.92 Å². The molecule has 0 bridgehead atoms. The van der Waals surface area contributed by atoms with E-state index in [9.17, 15) is 4.79 Å². The third-order valence-electron chi connectivity index (χ3n) is 4.93. The van der Waals surface area contributed by atoms with Gasteiger partial charge in [0.2, 0.25) is 0 Å². The van der Waals surface area contributed by atoms with Crippen LogP contribution in [-0.2, 0) is 11.2 Å². The number of rotatable bonds is 5. The highest BCUT2D eigenvalue weighted by molar-refractivity contribution is 6.01. The molecule has 0 fully saturated rings.